The quantitative estimate of drug-likeness (QED) is 0.673. The van der Waals surface area contributed by atoms with Crippen molar-refractivity contribution in [3.63, 3.8) is 0 Å². The van der Waals surface area contributed by atoms with Gasteiger partial charge in [-0.25, -0.2) is 19.3 Å². The van der Waals surface area contributed by atoms with Crippen molar-refractivity contribution in [1.29, 1.82) is 0 Å². The first-order valence-corrected chi connectivity index (χ1v) is 9.64. The molecule has 0 radical (unpaired) electrons. The molecule has 0 atom stereocenters. The fourth-order valence-corrected chi connectivity index (χ4v) is 3.50. The van der Waals surface area contributed by atoms with Crippen molar-refractivity contribution in [1.82, 2.24) is 19.9 Å². The largest absolute Gasteiger partial charge is 0.381 e. The van der Waals surface area contributed by atoms with E-state index in [0.29, 0.717) is 11.6 Å². The normalized spacial score (nSPS) is 14.8. The molecule has 0 unspecified atom stereocenters. The van der Waals surface area contributed by atoms with E-state index in [1.54, 1.807) is 31.8 Å². The topological polar surface area (TPSA) is 76.1 Å². The highest BCUT2D eigenvalue weighted by molar-refractivity contribution is 6.31. The number of anilines is 3. The minimum absolute atomic E-state index is 0.0370. The van der Waals surface area contributed by atoms with E-state index in [4.69, 9.17) is 21.3 Å². The Labute approximate surface area is 173 Å². The molecule has 3 aromatic rings. The zero-order chi connectivity index (χ0) is 20.2. The van der Waals surface area contributed by atoms with Gasteiger partial charge >= 0.3 is 0 Å². The van der Waals surface area contributed by atoms with Crippen LogP contribution in [0.1, 0.15) is 12.8 Å². The van der Waals surface area contributed by atoms with Gasteiger partial charge in [-0.1, -0.05) is 11.6 Å². The molecule has 2 aromatic heterocycles. The van der Waals surface area contributed by atoms with Crippen LogP contribution in [0, 0.1) is 5.82 Å². The van der Waals surface area contributed by atoms with Crippen LogP contribution in [0.15, 0.2) is 43.1 Å². The van der Waals surface area contributed by atoms with Gasteiger partial charge in [-0.3, -0.25) is 0 Å². The molecule has 1 aliphatic rings. The molecule has 0 saturated carbocycles. The van der Waals surface area contributed by atoms with Crippen LogP contribution < -0.4 is 10.2 Å². The molecule has 0 aliphatic carbocycles. The Morgan fingerprint density at radius 3 is 2.62 bits per heavy atom. The van der Waals surface area contributed by atoms with E-state index in [1.165, 1.54) is 18.5 Å². The molecule has 0 spiro atoms. The van der Waals surface area contributed by atoms with E-state index in [0.717, 1.165) is 42.9 Å². The highest BCUT2D eigenvalue weighted by atomic mass is 35.5. The Hall–Kier alpha value is -2.84. The van der Waals surface area contributed by atoms with E-state index >= 15 is 0 Å². The van der Waals surface area contributed by atoms with Gasteiger partial charge in [0, 0.05) is 55.6 Å². The van der Waals surface area contributed by atoms with Gasteiger partial charge in [0.2, 0.25) is 5.95 Å². The van der Waals surface area contributed by atoms with Crippen molar-refractivity contribution in [2.24, 2.45) is 0 Å². The molecule has 150 valence electrons. The maximum atomic E-state index is 13.4. The Balaban J connectivity index is 1.67. The van der Waals surface area contributed by atoms with Crippen molar-refractivity contribution < 1.29 is 9.13 Å². The zero-order valence-electron chi connectivity index (χ0n) is 15.8. The number of aromatic nitrogens is 4. The molecule has 7 nitrogen and oxygen atoms in total. The first kappa shape index (κ1) is 19.5. The summed E-state index contributed by atoms with van der Waals surface area (Å²) in [5, 5.41) is 3.13. The van der Waals surface area contributed by atoms with Crippen molar-refractivity contribution >= 4 is 29.1 Å². The van der Waals surface area contributed by atoms with Gasteiger partial charge in [0.15, 0.2) is 0 Å². The van der Waals surface area contributed by atoms with E-state index in [1.807, 2.05) is 0 Å². The van der Waals surface area contributed by atoms with Gasteiger partial charge in [-0.05, 0) is 31.0 Å². The lowest BCUT2D eigenvalue weighted by molar-refractivity contribution is 0.0818. The molecule has 3 heterocycles. The molecule has 9 heteroatoms. The predicted octanol–water partition coefficient (Wildman–Crippen LogP) is 4.08. The lowest BCUT2D eigenvalue weighted by Gasteiger charge is -2.33. The van der Waals surface area contributed by atoms with Crippen LogP contribution in [-0.2, 0) is 4.74 Å². The van der Waals surface area contributed by atoms with Gasteiger partial charge < -0.3 is 15.0 Å². The zero-order valence-corrected chi connectivity index (χ0v) is 16.6. The second-order valence-corrected chi connectivity index (χ2v) is 7.14. The highest BCUT2D eigenvalue weighted by Crippen LogP contribution is 2.31. The van der Waals surface area contributed by atoms with Crippen LogP contribution in [0.4, 0.5) is 21.8 Å². The lowest BCUT2D eigenvalue weighted by atomic mass is 10.1. The highest BCUT2D eigenvalue weighted by Gasteiger charge is 2.23. The summed E-state index contributed by atoms with van der Waals surface area (Å²) in [5.74, 6) is 0.719. The fourth-order valence-electron chi connectivity index (χ4n) is 3.32. The van der Waals surface area contributed by atoms with E-state index in [9.17, 15) is 4.39 Å². The molecular weight excluding hydrogens is 395 g/mol. The van der Waals surface area contributed by atoms with Crippen molar-refractivity contribution in [2.45, 2.75) is 18.9 Å². The number of methoxy groups -OCH3 is 1. The summed E-state index contributed by atoms with van der Waals surface area (Å²) in [6.45, 7) is 1.63. The molecule has 0 bridgehead atoms. The second-order valence-electron chi connectivity index (χ2n) is 6.73. The van der Waals surface area contributed by atoms with Crippen molar-refractivity contribution in [2.75, 3.05) is 30.4 Å². The number of piperidine rings is 1. The predicted molar refractivity (Wildman–Crippen MR) is 110 cm³/mol. The van der Waals surface area contributed by atoms with Crippen LogP contribution in [0.5, 0.6) is 0 Å². The van der Waals surface area contributed by atoms with E-state index < -0.39 is 5.82 Å². The number of nitrogens with zero attached hydrogens (tertiary/aromatic N) is 5. The lowest BCUT2D eigenvalue weighted by Crippen LogP contribution is -2.37. The second kappa shape index (κ2) is 8.67. The maximum absolute atomic E-state index is 13.4. The summed E-state index contributed by atoms with van der Waals surface area (Å²) in [6.07, 6.45) is 8.81. The Kier molecular flexibility index (Phi) is 5.82. The van der Waals surface area contributed by atoms with Crippen LogP contribution >= 0.6 is 11.6 Å². The minimum Gasteiger partial charge on any atom is -0.381 e. The minimum atomic E-state index is -0.473. The van der Waals surface area contributed by atoms with Crippen LogP contribution in [0.3, 0.4) is 0 Å². The molecule has 1 fully saturated rings. The average molecular weight is 415 g/mol. The molecule has 1 aromatic carbocycles. The third-order valence-electron chi connectivity index (χ3n) is 4.89. The first-order valence-electron chi connectivity index (χ1n) is 9.26. The molecule has 1 N–H and O–H groups in total. The van der Waals surface area contributed by atoms with Gasteiger partial charge in [-0.2, -0.15) is 4.98 Å². The van der Waals surface area contributed by atoms with Crippen LogP contribution in [-0.4, -0.2) is 46.2 Å². The summed E-state index contributed by atoms with van der Waals surface area (Å²) in [5.41, 5.74) is 2.30. The van der Waals surface area contributed by atoms with Gasteiger partial charge in [0.25, 0.3) is 0 Å². The van der Waals surface area contributed by atoms with Crippen molar-refractivity contribution in [3.8, 4) is 11.1 Å². The summed E-state index contributed by atoms with van der Waals surface area (Å²) in [4.78, 5) is 19.6. The van der Waals surface area contributed by atoms with E-state index in [-0.39, 0.29) is 11.1 Å². The van der Waals surface area contributed by atoms with Crippen LogP contribution in [0.25, 0.3) is 11.1 Å². The summed E-state index contributed by atoms with van der Waals surface area (Å²) in [7, 11) is 1.74. The van der Waals surface area contributed by atoms with E-state index in [2.05, 4.69) is 25.2 Å². The molecule has 29 heavy (non-hydrogen) atoms. The number of nitrogens with one attached hydrogen (secondary N) is 1. The third kappa shape index (κ3) is 4.44. The number of rotatable bonds is 5. The smallest absolute Gasteiger partial charge is 0.229 e. The standard InChI is InChI=1S/C20H20ClFN6O/c1-29-15-4-6-28(7-5-15)19-16(13-9-23-12-24-10-13)11-25-20(27-19)26-14-2-3-18(22)17(21)8-14/h2-3,8-12,15H,4-7H2,1H3,(H,25,26,27). The van der Waals surface area contributed by atoms with Gasteiger partial charge in [0.1, 0.15) is 18.0 Å². The van der Waals surface area contributed by atoms with Gasteiger partial charge in [0.05, 0.1) is 11.1 Å². The Morgan fingerprint density at radius 2 is 1.93 bits per heavy atom. The molecule has 0 amide bonds. The Morgan fingerprint density at radius 1 is 1.17 bits per heavy atom. The SMILES string of the molecule is COC1CCN(c2nc(Nc3ccc(F)c(Cl)c3)ncc2-c2cncnc2)CC1. The molecule has 4 rings (SSSR count). The number of hydrogen-bond donors (Lipinski definition) is 1. The summed E-state index contributed by atoms with van der Waals surface area (Å²) < 4.78 is 18.9. The van der Waals surface area contributed by atoms with Gasteiger partial charge in [-0.15, -0.1) is 0 Å². The monoisotopic (exact) mass is 414 g/mol. The fraction of sp³-hybridized carbons (Fsp3) is 0.300. The van der Waals surface area contributed by atoms with Crippen molar-refractivity contribution in [3.05, 3.63) is 54.0 Å². The summed E-state index contributed by atoms with van der Waals surface area (Å²) >= 11 is 5.88. The molecular formula is C20H20ClFN6O. The number of hydrogen-bond acceptors (Lipinski definition) is 7. The third-order valence-corrected chi connectivity index (χ3v) is 5.18. The first-order chi connectivity index (χ1) is 14.1. The summed E-state index contributed by atoms with van der Waals surface area (Å²) in [6, 6.07) is 4.40. The van der Waals surface area contributed by atoms with Crippen LogP contribution in [0.2, 0.25) is 5.02 Å². The number of benzene rings is 1. The average Bonchev–Trinajstić information content (AvgIpc) is 2.77. The number of halogens is 2. The Bertz CT molecular complexity index is 982. The molecule has 1 aliphatic heterocycles. The maximum Gasteiger partial charge on any atom is 0.229 e. The molecule has 1 saturated heterocycles. The number of ether oxygens (including phenoxy) is 1.